The molecule has 190 valence electrons. The standard InChI is InChI=1S/C30H47NO3/c1-19(2)20-9-14-30(17-31-34)16-15-28(5)21(25(20)30)7-8-23-26(3)12-11-24(33)27(4,18-32)22(26)10-13-29(23,28)6/h17,20-23,25,32,34H,1,7-16,18H2,2-6H3/b31-17+/t20-,21?,22+,23?,25?,26-,27-,28+,29+,30+/m0/s1. The van der Waals surface area contributed by atoms with Crippen LogP contribution in [-0.2, 0) is 4.79 Å². The molecule has 0 saturated heterocycles. The van der Waals surface area contributed by atoms with Crippen molar-refractivity contribution in [1.29, 1.82) is 0 Å². The van der Waals surface area contributed by atoms with Crippen LogP contribution < -0.4 is 0 Å². The van der Waals surface area contributed by atoms with Crippen LogP contribution in [0.15, 0.2) is 17.3 Å². The van der Waals surface area contributed by atoms with E-state index in [1.54, 1.807) is 0 Å². The van der Waals surface area contributed by atoms with Crippen LogP contribution in [0.4, 0.5) is 0 Å². The minimum absolute atomic E-state index is 0.0131. The van der Waals surface area contributed by atoms with Crippen LogP contribution in [0.25, 0.3) is 0 Å². The molecular formula is C30H47NO3. The number of nitrogens with zero attached hydrogens (tertiary/aromatic N) is 1. The van der Waals surface area contributed by atoms with Gasteiger partial charge in [0.05, 0.1) is 18.2 Å². The summed E-state index contributed by atoms with van der Waals surface area (Å²) in [5, 5.41) is 23.6. The molecule has 0 heterocycles. The summed E-state index contributed by atoms with van der Waals surface area (Å²) in [6.45, 7) is 16.3. The van der Waals surface area contributed by atoms with Gasteiger partial charge in [0.25, 0.3) is 0 Å². The van der Waals surface area contributed by atoms with Gasteiger partial charge in [-0.3, -0.25) is 4.79 Å². The number of aliphatic hydroxyl groups is 1. The van der Waals surface area contributed by atoms with Gasteiger partial charge in [0.2, 0.25) is 0 Å². The Bertz CT molecular complexity index is 913. The molecule has 5 aliphatic carbocycles. The molecule has 0 spiro atoms. The van der Waals surface area contributed by atoms with Crippen molar-refractivity contribution in [2.24, 2.45) is 61.8 Å². The Labute approximate surface area is 206 Å². The maximum atomic E-state index is 13.0. The molecule has 10 atom stereocenters. The van der Waals surface area contributed by atoms with Gasteiger partial charge in [-0.1, -0.05) is 39.8 Å². The lowest BCUT2D eigenvalue weighted by Gasteiger charge is -2.72. The number of oxime groups is 1. The van der Waals surface area contributed by atoms with Gasteiger partial charge in [-0.15, -0.1) is 5.16 Å². The normalized spacial score (nSPS) is 54.8. The minimum Gasteiger partial charge on any atom is -0.411 e. The predicted octanol–water partition coefficient (Wildman–Crippen LogP) is 6.65. The van der Waals surface area contributed by atoms with Gasteiger partial charge in [0.1, 0.15) is 5.78 Å². The average Bonchev–Trinajstić information content (AvgIpc) is 3.17. The first kappa shape index (κ1) is 24.5. The van der Waals surface area contributed by atoms with E-state index in [0.29, 0.717) is 30.1 Å². The van der Waals surface area contributed by atoms with Crippen molar-refractivity contribution in [3.8, 4) is 0 Å². The number of Topliss-reactive ketones (excluding diaryl/α,β-unsaturated/α-hetero) is 1. The van der Waals surface area contributed by atoms with Crippen LogP contribution in [0.1, 0.15) is 98.8 Å². The zero-order valence-electron chi connectivity index (χ0n) is 22.2. The minimum atomic E-state index is -0.581. The summed E-state index contributed by atoms with van der Waals surface area (Å²) in [6.07, 6.45) is 12.7. The van der Waals surface area contributed by atoms with E-state index in [1.807, 2.05) is 13.1 Å². The van der Waals surface area contributed by atoms with E-state index in [9.17, 15) is 15.1 Å². The molecule has 0 aromatic rings. The molecule has 34 heavy (non-hydrogen) atoms. The fraction of sp³-hybridized carbons (Fsp3) is 0.867. The van der Waals surface area contributed by atoms with Crippen LogP contribution >= 0.6 is 0 Å². The molecule has 0 bridgehead atoms. The second kappa shape index (κ2) is 7.67. The molecule has 4 nitrogen and oxygen atoms in total. The molecule has 2 N–H and O–H groups in total. The molecule has 5 rings (SSSR count). The number of fused-ring (bicyclic) bond motifs is 7. The van der Waals surface area contributed by atoms with Crippen LogP contribution in [0.5, 0.6) is 0 Å². The smallest absolute Gasteiger partial charge is 0.141 e. The second-order valence-electron chi connectivity index (χ2n) is 14.2. The Balaban J connectivity index is 1.56. The van der Waals surface area contributed by atoms with Gasteiger partial charge in [-0.25, -0.2) is 0 Å². The Morgan fingerprint density at radius 1 is 1.00 bits per heavy atom. The average molecular weight is 470 g/mol. The first-order valence-corrected chi connectivity index (χ1v) is 13.9. The Hall–Kier alpha value is -1.16. The Morgan fingerprint density at radius 2 is 1.74 bits per heavy atom. The van der Waals surface area contributed by atoms with E-state index in [4.69, 9.17) is 0 Å². The van der Waals surface area contributed by atoms with E-state index >= 15 is 0 Å². The zero-order valence-corrected chi connectivity index (χ0v) is 22.2. The Kier molecular flexibility index (Phi) is 5.53. The number of allylic oxidation sites excluding steroid dienone is 1. The number of rotatable bonds is 3. The molecule has 5 fully saturated rings. The largest absolute Gasteiger partial charge is 0.411 e. The summed E-state index contributed by atoms with van der Waals surface area (Å²) < 4.78 is 0. The summed E-state index contributed by atoms with van der Waals surface area (Å²) in [6, 6.07) is 0. The molecule has 0 radical (unpaired) electrons. The van der Waals surface area contributed by atoms with Crippen LogP contribution in [0.3, 0.4) is 0 Å². The van der Waals surface area contributed by atoms with Gasteiger partial charge < -0.3 is 10.3 Å². The van der Waals surface area contributed by atoms with Crippen LogP contribution in [-0.4, -0.2) is 28.9 Å². The fourth-order valence-corrected chi connectivity index (χ4v) is 11.4. The molecule has 3 unspecified atom stereocenters. The van der Waals surface area contributed by atoms with Gasteiger partial charge in [0, 0.05) is 11.8 Å². The lowest BCUT2D eigenvalue weighted by Crippen LogP contribution is -2.67. The van der Waals surface area contributed by atoms with Crippen molar-refractivity contribution in [3.05, 3.63) is 12.2 Å². The summed E-state index contributed by atoms with van der Waals surface area (Å²) in [5.41, 5.74) is 1.30. The van der Waals surface area contributed by atoms with Crippen molar-refractivity contribution >= 4 is 12.0 Å². The highest BCUT2D eigenvalue weighted by Gasteiger charge is 2.71. The molecule has 5 saturated carbocycles. The molecule has 0 amide bonds. The quantitative estimate of drug-likeness (QED) is 0.210. The predicted molar refractivity (Wildman–Crippen MR) is 136 cm³/mol. The molecule has 0 aromatic heterocycles. The third-order valence-electron chi connectivity index (χ3n) is 13.3. The summed E-state index contributed by atoms with van der Waals surface area (Å²) in [5.74, 6) is 2.78. The maximum absolute atomic E-state index is 13.0. The van der Waals surface area contributed by atoms with Crippen molar-refractivity contribution in [3.63, 3.8) is 0 Å². The maximum Gasteiger partial charge on any atom is 0.141 e. The van der Waals surface area contributed by atoms with Gasteiger partial charge in [-0.05, 0) is 111 Å². The van der Waals surface area contributed by atoms with Crippen molar-refractivity contribution in [2.45, 2.75) is 98.8 Å². The van der Waals surface area contributed by atoms with Crippen LogP contribution in [0, 0.1) is 56.7 Å². The number of carbonyl (C=O) groups excluding carboxylic acids is 1. The zero-order chi connectivity index (χ0) is 24.7. The van der Waals surface area contributed by atoms with E-state index in [2.05, 4.69) is 39.4 Å². The van der Waals surface area contributed by atoms with Crippen LogP contribution in [0.2, 0.25) is 0 Å². The third kappa shape index (κ3) is 2.81. The molecule has 4 heteroatoms. The van der Waals surface area contributed by atoms with Gasteiger partial charge >= 0.3 is 0 Å². The van der Waals surface area contributed by atoms with E-state index in [-0.39, 0.29) is 40.0 Å². The van der Waals surface area contributed by atoms with Crippen molar-refractivity contribution in [1.82, 2.24) is 0 Å². The SMILES string of the molecule is C=C(C)[C@@H]1CC[C@]2(/C=N/O)CC[C@]3(C)C(CCC4[C@@]5(C)CCC(=O)[C@@](C)(CO)[C@@H]5CC[C@]43C)C12. The molecule has 0 aliphatic heterocycles. The second-order valence-corrected chi connectivity index (χ2v) is 14.2. The van der Waals surface area contributed by atoms with Gasteiger partial charge in [0.15, 0.2) is 0 Å². The topological polar surface area (TPSA) is 69.9 Å². The number of carbonyl (C=O) groups is 1. The highest BCUT2D eigenvalue weighted by atomic mass is 16.4. The van der Waals surface area contributed by atoms with E-state index in [0.717, 1.165) is 38.5 Å². The highest BCUT2D eigenvalue weighted by molar-refractivity contribution is 5.86. The first-order chi connectivity index (χ1) is 15.9. The van der Waals surface area contributed by atoms with Gasteiger partial charge in [-0.2, -0.15) is 0 Å². The third-order valence-corrected chi connectivity index (χ3v) is 13.3. The molecule has 5 aliphatic rings. The molecule has 0 aromatic carbocycles. The van der Waals surface area contributed by atoms with Crippen molar-refractivity contribution < 1.29 is 15.1 Å². The molecular weight excluding hydrogens is 422 g/mol. The number of ketones is 1. The monoisotopic (exact) mass is 469 g/mol. The number of aliphatic hydroxyl groups excluding tert-OH is 1. The Morgan fingerprint density at radius 3 is 2.38 bits per heavy atom. The lowest BCUT2D eigenvalue weighted by molar-refractivity contribution is -0.232. The number of hydrogen-bond acceptors (Lipinski definition) is 4. The summed E-state index contributed by atoms with van der Waals surface area (Å²) in [7, 11) is 0. The summed E-state index contributed by atoms with van der Waals surface area (Å²) >= 11 is 0. The highest BCUT2D eigenvalue weighted by Crippen LogP contribution is 2.77. The first-order valence-electron chi connectivity index (χ1n) is 13.9. The fourth-order valence-electron chi connectivity index (χ4n) is 11.4. The lowest BCUT2D eigenvalue weighted by atomic mass is 9.32. The number of hydrogen-bond donors (Lipinski definition) is 2. The van der Waals surface area contributed by atoms with Crippen molar-refractivity contribution in [2.75, 3.05) is 6.61 Å². The van der Waals surface area contributed by atoms with E-state index < -0.39 is 5.41 Å². The summed E-state index contributed by atoms with van der Waals surface area (Å²) in [4.78, 5) is 13.0. The van der Waals surface area contributed by atoms with E-state index in [1.165, 1.54) is 24.8 Å².